The number of rotatable bonds is 1. The van der Waals surface area contributed by atoms with Crippen molar-refractivity contribution in [2.75, 3.05) is 0 Å². The molecule has 3 N–H and O–H groups in total. The summed E-state index contributed by atoms with van der Waals surface area (Å²) in [6.45, 7) is 3.29. The fraction of sp³-hybridized carbons (Fsp3) is 0.0909. The van der Waals surface area contributed by atoms with Gasteiger partial charge in [-0.15, -0.1) is 0 Å². The van der Waals surface area contributed by atoms with Crippen molar-refractivity contribution in [2.45, 2.75) is 18.7 Å². The average Bonchev–Trinajstić information content (AvgIpc) is 2.69. The average molecular weight is 420 g/mol. The normalized spacial score (nSPS) is 12.4. The number of para-hydroxylation sites is 1. The van der Waals surface area contributed by atoms with Crippen molar-refractivity contribution in [2.24, 2.45) is 0 Å². The molecule has 0 fully saturated rings. The third kappa shape index (κ3) is 2.44. The van der Waals surface area contributed by atoms with E-state index in [0.29, 0.717) is 49.2 Å². The third-order valence-corrected chi connectivity index (χ3v) is 6.68. The highest BCUT2D eigenvalue weighted by atomic mass is 32.2. The van der Waals surface area contributed by atoms with Gasteiger partial charge in [0, 0.05) is 21.7 Å². The van der Waals surface area contributed by atoms with Crippen LogP contribution in [0.3, 0.4) is 0 Å². The van der Waals surface area contributed by atoms with Crippen LogP contribution in [0.25, 0.3) is 43.6 Å². The summed E-state index contributed by atoms with van der Waals surface area (Å²) in [6.07, 6.45) is 0. The Bertz CT molecular complexity index is 1780. The van der Waals surface area contributed by atoms with Crippen molar-refractivity contribution in [1.82, 2.24) is 9.97 Å². The van der Waals surface area contributed by atoms with Crippen LogP contribution >= 0.6 is 0 Å². The highest BCUT2D eigenvalue weighted by Crippen LogP contribution is 2.28. The molecule has 0 unspecified atom stereocenters. The molecule has 8 heteroatoms. The van der Waals surface area contributed by atoms with Crippen LogP contribution in [0.4, 0.5) is 0 Å². The maximum atomic E-state index is 13.3. The number of H-pyrrole nitrogens is 2. The molecule has 2 aromatic heterocycles. The van der Waals surface area contributed by atoms with Crippen molar-refractivity contribution in [3.8, 4) is 0 Å². The Morgan fingerprint density at radius 3 is 2.17 bits per heavy atom. The monoisotopic (exact) mass is 420 g/mol. The lowest BCUT2D eigenvalue weighted by Gasteiger charge is -2.12. The van der Waals surface area contributed by atoms with Crippen LogP contribution in [-0.4, -0.2) is 22.9 Å². The van der Waals surface area contributed by atoms with Crippen LogP contribution in [0.1, 0.15) is 11.1 Å². The summed E-state index contributed by atoms with van der Waals surface area (Å²) in [5.74, 6) is 0. The topological polar surface area (TPSA) is 120 Å². The Morgan fingerprint density at radius 2 is 1.43 bits per heavy atom. The Morgan fingerprint density at radius 1 is 0.767 bits per heavy atom. The van der Waals surface area contributed by atoms with Gasteiger partial charge in [-0.1, -0.05) is 12.1 Å². The van der Waals surface area contributed by atoms with Crippen molar-refractivity contribution >= 4 is 53.7 Å². The minimum Gasteiger partial charge on any atom is -0.354 e. The minimum absolute atomic E-state index is 0.159. The molecule has 5 rings (SSSR count). The molecule has 3 aromatic carbocycles. The minimum atomic E-state index is -4.44. The summed E-state index contributed by atoms with van der Waals surface area (Å²) >= 11 is 0. The van der Waals surface area contributed by atoms with E-state index in [1.165, 1.54) is 19.1 Å². The largest absolute Gasteiger partial charge is 0.354 e. The summed E-state index contributed by atoms with van der Waals surface area (Å²) in [5.41, 5.74) is 2.42. The van der Waals surface area contributed by atoms with E-state index >= 15 is 0 Å². The van der Waals surface area contributed by atoms with Crippen LogP contribution in [0.15, 0.2) is 56.9 Å². The lowest BCUT2D eigenvalue weighted by Crippen LogP contribution is -2.11. The second-order valence-electron chi connectivity index (χ2n) is 7.39. The predicted octanol–water partition coefficient (Wildman–Crippen LogP) is 3.54. The summed E-state index contributed by atoms with van der Waals surface area (Å²) in [5, 5.41) is 1.69. The zero-order valence-electron chi connectivity index (χ0n) is 16.0. The molecule has 0 bridgehead atoms. The molecule has 150 valence electrons. The van der Waals surface area contributed by atoms with Crippen LogP contribution in [0.2, 0.25) is 0 Å². The molecule has 0 saturated carbocycles. The summed E-state index contributed by atoms with van der Waals surface area (Å²) in [4.78, 5) is 32.5. The highest BCUT2D eigenvalue weighted by Gasteiger charge is 2.19. The molecule has 5 aromatic rings. The van der Waals surface area contributed by atoms with E-state index in [-0.39, 0.29) is 21.3 Å². The van der Waals surface area contributed by atoms with Gasteiger partial charge in [0.1, 0.15) is 0 Å². The smallest absolute Gasteiger partial charge is 0.294 e. The molecule has 0 saturated heterocycles. The maximum absolute atomic E-state index is 13.3. The summed E-state index contributed by atoms with van der Waals surface area (Å²) < 4.78 is 32.8. The number of benzene rings is 3. The van der Waals surface area contributed by atoms with Gasteiger partial charge in [0.05, 0.1) is 26.8 Å². The number of hydrogen-bond acceptors (Lipinski definition) is 4. The number of hydrogen-bond donors (Lipinski definition) is 3. The van der Waals surface area contributed by atoms with Crippen molar-refractivity contribution in [1.29, 1.82) is 0 Å². The molecule has 2 heterocycles. The van der Waals surface area contributed by atoms with Gasteiger partial charge < -0.3 is 9.97 Å². The molecule has 30 heavy (non-hydrogen) atoms. The number of aromatic amines is 2. The first-order chi connectivity index (χ1) is 14.2. The molecule has 0 spiro atoms. The first-order valence-corrected chi connectivity index (χ1v) is 10.6. The quantitative estimate of drug-likeness (QED) is 0.283. The molecular formula is C22H16N2O5S. The van der Waals surface area contributed by atoms with E-state index in [4.69, 9.17) is 0 Å². The number of aryl methyl sites for hydroxylation is 2. The molecular weight excluding hydrogens is 404 g/mol. The SMILES string of the molecule is Cc1c(S(=O)(=O)O)ccc2c(=O)c3c(C)c4[nH]c5ccccc5c(=O)c4cc3[nH]c12. The lowest BCUT2D eigenvalue weighted by molar-refractivity contribution is 0.482. The number of nitrogens with one attached hydrogen (secondary N) is 2. The van der Waals surface area contributed by atoms with Gasteiger partial charge in [0.2, 0.25) is 0 Å². The fourth-order valence-electron chi connectivity index (χ4n) is 4.21. The molecule has 0 aliphatic rings. The first-order valence-electron chi connectivity index (χ1n) is 9.19. The Hall–Kier alpha value is -3.49. The molecule has 0 aliphatic carbocycles. The van der Waals surface area contributed by atoms with Gasteiger partial charge in [-0.3, -0.25) is 14.1 Å². The number of aromatic nitrogens is 2. The molecule has 7 nitrogen and oxygen atoms in total. The van der Waals surface area contributed by atoms with E-state index in [9.17, 15) is 22.6 Å². The Labute approximate surface area is 169 Å². The summed E-state index contributed by atoms with van der Waals surface area (Å²) in [6, 6.07) is 11.4. The molecule has 0 radical (unpaired) electrons. The Kier molecular flexibility index (Phi) is 3.71. The second-order valence-corrected chi connectivity index (χ2v) is 8.78. The molecule has 0 amide bonds. The highest BCUT2D eigenvalue weighted by molar-refractivity contribution is 7.85. The van der Waals surface area contributed by atoms with Crippen molar-refractivity contribution in [3.05, 3.63) is 74.0 Å². The van der Waals surface area contributed by atoms with Crippen LogP contribution in [0.5, 0.6) is 0 Å². The zero-order chi connectivity index (χ0) is 21.4. The van der Waals surface area contributed by atoms with Gasteiger partial charge in [-0.2, -0.15) is 8.42 Å². The second kappa shape index (κ2) is 6.01. The van der Waals surface area contributed by atoms with Gasteiger partial charge in [-0.25, -0.2) is 0 Å². The van der Waals surface area contributed by atoms with Gasteiger partial charge >= 0.3 is 0 Å². The van der Waals surface area contributed by atoms with E-state index in [1.54, 1.807) is 25.1 Å². The van der Waals surface area contributed by atoms with Gasteiger partial charge in [0.25, 0.3) is 10.1 Å². The van der Waals surface area contributed by atoms with Crippen LogP contribution in [0, 0.1) is 13.8 Å². The summed E-state index contributed by atoms with van der Waals surface area (Å²) in [7, 11) is -4.44. The number of fused-ring (bicyclic) bond motifs is 4. The Balaban J connectivity index is 2.03. The number of pyridine rings is 2. The van der Waals surface area contributed by atoms with E-state index < -0.39 is 10.1 Å². The predicted molar refractivity (Wildman–Crippen MR) is 117 cm³/mol. The lowest BCUT2D eigenvalue weighted by atomic mass is 9.99. The van der Waals surface area contributed by atoms with E-state index in [0.717, 1.165) is 0 Å². The molecule has 0 atom stereocenters. The fourth-order valence-corrected chi connectivity index (χ4v) is 4.94. The maximum Gasteiger partial charge on any atom is 0.294 e. The first kappa shape index (κ1) is 18.5. The van der Waals surface area contributed by atoms with Crippen molar-refractivity contribution in [3.63, 3.8) is 0 Å². The van der Waals surface area contributed by atoms with Crippen LogP contribution < -0.4 is 10.9 Å². The van der Waals surface area contributed by atoms with E-state index in [1.807, 2.05) is 12.1 Å². The zero-order valence-corrected chi connectivity index (χ0v) is 16.8. The van der Waals surface area contributed by atoms with Gasteiger partial charge in [-0.05, 0) is 55.3 Å². The van der Waals surface area contributed by atoms with Gasteiger partial charge in [0.15, 0.2) is 10.9 Å². The standard InChI is InChI=1S/C22H16N2O5S/c1-10-17(30(27,28)29)8-7-13-19(10)24-16-9-14-20(11(2)18(16)22(13)26)23-15-6-4-3-5-12(15)21(14)25/h3-9H,1-2H3,(H,23,25)(H,24,26)(H,27,28,29). The van der Waals surface area contributed by atoms with Crippen molar-refractivity contribution < 1.29 is 13.0 Å². The van der Waals surface area contributed by atoms with E-state index in [2.05, 4.69) is 9.97 Å². The third-order valence-electron chi connectivity index (χ3n) is 5.68. The van der Waals surface area contributed by atoms with Crippen LogP contribution in [-0.2, 0) is 10.1 Å². The molecule has 0 aliphatic heterocycles.